The predicted octanol–water partition coefficient (Wildman–Crippen LogP) is 7.51. The summed E-state index contributed by atoms with van der Waals surface area (Å²) >= 11 is 0. The Balaban J connectivity index is 0.00000103. The molecule has 0 saturated carbocycles. The van der Waals surface area contributed by atoms with Gasteiger partial charge in [-0.05, 0) is 47.9 Å². The number of pyridine rings is 1. The third-order valence-electron chi connectivity index (χ3n) is 8.29. The van der Waals surface area contributed by atoms with Crippen molar-refractivity contribution in [3.05, 3.63) is 84.5 Å². The van der Waals surface area contributed by atoms with Crippen LogP contribution in [-0.4, -0.2) is 44.2 Å². The number of hydrogen-bond donors (Lipinski definition) is 3. The van der Waals surface area contributed by atoms with Gasteiger partial charge >= 0.3 is 0 Å². The fourth-order valence-electron chi connectivity index (χ4n) is 5.86. The van der Waals surface area contributed by atoms with Crippen LogP contribution in [0.3, 0.4) is 0 Å². The average molecular weight is 632 g/mol. The third-order valence-corrected chi connectivity index (χ3v) is 8.29. The number of halogens is 1. The Kier molecular flexibility index (Phi) is 10.8. The normalized spacial score (nSPS) is 13.1. The van der Waals surface area contributed by atoms with Crippen molar-refractivity contribution in [2.24, 2.45) is 5.92 Å². The molecule has 1 amide bonds. The highest BCUT2D eigenvalue weighted by Gasteiger charge is 2.24. The van der Waals surface area contributed by atoms with E-state index >= 15 is 0 Å². The second-order valence-corrected chi connectivity index (χ2v) is 12.1. The van der Waals surface area contributed by atoms with E-state index in [-0.39, 0.29) is 18.5 Å². The molecule has 0 bridgehead atoms. The van der Waals surface area contributed by atoms with Crippen molar-refractivity contribution in [2.75, 3.05) is 22.5 Å². The van der Waals surface area contributed by atoms with Gasteiger partial charge in [0.2, 0.25) is 18.3 Å². The van der Waals surface area contributed by atoms with Crippen molar-refractivity contribution in [3.8, 4) is 17.2 Å². The third kappa shape index (κ3) is 8.11. The van der Waals surface area contributed by atoms with Crippen molar-refractivity contribution < 1.29 is 9.18 Å². The average Bonchev–Trinajstić information content (AvgIpc) is 3.51. The van der Waals surface area contributed by atoms with Gasteiger partial charge in [0.25, 0.3) is 6.71 Å². The summed E-state index contributed by atoms with van der Waals surface area (Å²) < 4.78 is 12.6. The first kappa shape index (κ1) is 33.1. The summed E-state index contributed by atoms with van der Waals surface area (Å²) in [5, 5.41) is 25.6. The van der Waals surface area contributed by atoms with Gasteiger partial charge in [0, 0.05) is 47.5 Å². The van der Waals surface area contributed by atoms with Crippen LogP contribution in [0.5, 0.6) is 0 Å². The van der Waals surface area contributed by atoms with E-state index < -0.39 is 0 Å². The molecule has 10 nitrogen and oxygen atoms in total. The van der Waals surface area contributed by atoms with Gasteiger partial charge in [-0.2, -0.15) is 19.6 Å². The van der Waals surface area contributed by atoms with Crippen LogP contribution < -0.4 is 16.0 Å². The van der Waals surface area contributed by atoms with Gasteiger partial charge in [-0.1, -0.05) is 76.2 Å². The summed E-state index contributed by atoms with van der Waals surface area (Å²) in [6.45, 7) is 9.93. The summed E-state index contributed by atoms with van der Waals surface area (Å²) in [6.07, 6.45) is 8.33. The maximum absolute atomic E-state index is 10.9. The first-order valence-corrected chi connectivity index (χ1v) is 15.9. The standard InChI is InChI=1S/C32H34BN9O.C3H5F/c1-21(2)28-18-39-42-30(28)40-31(36-16-22-9-12-33(19-34)13-10-22)41-32(42)37-17-24-5-3-4-6-26(24)29-27-8-7-25(38-20-43)15-23(27)11-14-35-29;1-3(2)4/h3-8,11,14-15,18,20-22H,9-10,12-13,16-17H2,1-2H3,(H,38,43)(H2,36,37,40,41);1H2,2H3. The molecule has 1 fully saturated rings. The van der Waals surface area contributed by atoms with Crippen molar-refractivity contribution in [1.82, 2.24) is 24.6 Å². The number of nitriles is 1. The highest BCUT2D eigenvalue weighted by atomic mass is 19.1. The number of rotatable bonds is 10. The summed E-state index contributed by atoms with van der Waals surface area (Å²) in [5.41, 5.74) is 5.52. The van der Waals surface area contributed by atoms with Crippen molar-refractivity contribution in [1.29, 1.82) is 5.26 Å². The number of carbonyl (C=O) groups excluding carboxylic acids is 1. The number of hydrogen-bond acceptors (Lipinski definition) is 8. The van der Waals surface area contributed by atoms with Gasteiger partial charge in [0.15, 0.2) is 5.65 Å². The molecule has 240 valence electrons. The number of carbonyl (C=O) groups is 1. The quantitative estimate of drug-likeness (QED) is 0.107. The lowest BCUT2D eigenvalue weighted by atomic mass is 9.42. The molecule has 6 rings (SSSR count). The van der Waals surface area contributed by atoms with Gasteiger partial charge in [-0.25, -0.2) is 9.65 Å². The Hall–Kier alpha value is -5.31. The SMILES string of the molecule is C=C(C)F.CC(C)c1cnn2c(NCc3ccccc3-c3nccc4cc(NC=O)ccc34)nc(NCC3CCB(C#N)CC3)nc12. The van der Waals surface area contributed by atoms with Crippen molar-refractivity contribution in [2.45, 2.75) is 58.7 Å². The monoisotopic (exact) mass is 631 g/mol. The van der Waals surface area contributed by atoms with E-state index in [2.05, 4.69) is 59.6 Å². The van der Waals surface area contributed by atoms with Crippen LogP contribution in [0.4, 0.5) is 22.0 Å². The second kappa shape index (κ2) is 15.3. The van der Waals surface area contributed by atoms with Crippen LogP contribution in [0, 0.1) is 17.1 Å². The Morgan fingerprint density at radius 2 is 1.94 bits per heavy atom. The topological polar surface area (TPSA) is 133 Å². The Labute approximate surface area is 274 Å². The van der Waals surface area contributed by atoms with Crippen LogP contribution >= 0.6 is 0 Å². The molecule has 1 aliphatic heterocycles. The van der Waals surface area contributed by atoms with E-state index in [9.17, 15) is 14.4 Å². The van der Waals surface area contributed by atoms with E-state index in [0.29, 0.717) is 30.8 Å². The highest BCUT2D eigenvalue weighted by Crippen LogP contribution is 2.31. The minimum absolute atomic E-state index is 0.184. The zero-order chi connectivity index (χ0) is 33.3. The lowest BCUT2D eigenvalue weighted by molar-refractivity contribution is -0.105. The summed E-state index contributed by atoms with van der Waals surface area (Å²) in [6, 6.07) is 16.0. The van der Waals surface area contributed by atoms with Crippen molar-refractivity contribution >= 4 is 47.1 Å². The second-order valence-electron chi connectivity index (χ2n) is 12.1. The number of fused-ring (bicyclic) bond motifs is 2. The Morgan fingerprint density at radius 1 is 1.17 bits per heavy atom. The largest absolute Gasteiger partial charge is 0.354 e. The number of allylic oxidation sites excluding steroid dienone is 1. The summed E-state index contributed by atoms with van der Waals surface area (Å²) in [5.74, 6) is 4.02. The molecule has 4 heterocycles. The molecule has 3 aromatic heterocycles. The van der Waals surface area contributed by atoms with Crippen LogP contribution in [0.1, 0.15) is 50.7 Å². The molecule has 1 aliphatic rings. The van der Waals surface area contributed by atoms with Crippen LogP contribution in [0.2, 0.25) is 12.6 Å². The fraction of sp³-hybridized carbons (Fsp3) is 0.314. The molecule has 1 saturated heterocycles. The van der Waals surface area contributed by atoms with E-state index in [0.717, 1.165) is 76.5 Å². The van der Waals surface area contributed by atoms with Crippen LogP contribution in [0.25, 0.3) is 27.7 Å². The highest BCUT2D eigenvalue weighted by molar-refractivity contribution is 6.67. The zero-order valence-electron chi connectivity index (χ0n) is 27.0. The molecular weight excluding hydrogens is 592 g/mol. The van der Waals surface area contributed by atoms with Gasteiger partial charge in [0.1, 0.15) is 0 Å². The molecule has 0 aliphatic carbocycles. The fourth-order valence-corrected chi connectivity index (χ4v) is 5.86. The van der Waals surface area contributed by atoms with Gasteiger partial charge in [-0.15, -0.1) is 0 Å². The minimum Gasteiger partial charge on any atom is -0.354 e. The summed E-state index contributed by atoms with van der Waals surface area (Å²) in [7, 11) is 0. The zero-order valence-corrected chi connectivity index (χ0v) is 27.0. The van der Waals surface area contributed by atoms with Crippen molar-refractivity contribution in [3.63, 3.8) is 0 Å². The first-order chi connectivity index (χ1) is 22.8. The maximum Gasteiger partial charge on any atom is 0.267 e. The summed E-state index contributed by atoms with van der Waals surface area (Å²) in [4.78, 5) is 25.4. The number of amides is 1. The number of anilines is 3. The van der Waals surface area contributed by atoms with E-state index in [1.807, 2.05) is 42.6 Å². The Bertz CT molecular complexity index is 1910. The van der Waals surface area contributed by atoms with E-state index in [1.54, 1.807) is 10.7 Å². The molecule has 0 unspecified atom stereocenters. The predicted molar refractivity (Wildman–Crippen MR) is 187 cm³/mol. The molecule has 3 N–H and O–H groups in total. The van der Waals surface area contributed by atoms with E-state index in [1.165, 1.54) is 6.92 Å². The first-order valence-electron chi connectivity index (χ1n) is 15.9. The molecule has 0 spiro atoms. The van der Waals surface area contributed by atoms with Gasteiger partial charge in [-0.3, -0.25) is 9.78 Å². The lowest BCUT2D eigenvalue weighted by Crippen LogP contribution is -2.25. The van der Waals surface area contributed by atoms with Gasteiger partial charge < -0.3 is 16.0 Å². The minimum atomic E-state index is -0.333. The molecule has 5 aromatic rings. The number of benzene rings is 2. The van der Waals surface area contributed by atoms with E-state index in [4.69, 9.17) is 15.0 Å². The molecule has 0 radical (unpaired) electrons. The van der Waals surface area contributed by atoms with Gasteiger partial charge in [0.05, 0.1) is 17.7 Å². The molecule has 2 aromatic carbocycles. The number of nitrogens with one attached hydrogen (secondary N) is 3. The molecule has 12 heteroatoms. The molecular formula is C35H39BFN9O. The maximum atomic E-state index is 10.9. The molecule has 47 heavy (non-hydrogen) atoms. The lowest BCUT2D eigenvalue weighted by Gasteiger charge is -2.23. The van der Waals surface area contributed by atoms with Crippen LogP contribution in [-0.2, 0) is 11.3 Å². The Morgan fingerprint density at radius 3 is 2.66 bits per heavy atom. The smallest absolute Gasteiger partial charge is 0.267 e. The number of nitrogens with zero attached hydrogens (tertiary/aromatic N) is 6. The number of aromatic nitrogens is 5. The van der Waals surface area contributed by atoms with Crippen LogP contribution in [0.15, 0.2) is 73.3 Å². The molecule has 0 atom stereocenters.